The quantitative estimate of drug-likeness (QED) is 0.294. The summed E-state index contributed by atoms with van der Waals surface area (Å²) in [4.78, 5) is 4.19. The molecule has 4 N–H and O–H groups in total. The first kappa shape index (κ1) is 10.8. The lowest BCUT2D eigenvalue weighted by atomic mass is 10.1. The Hall–Kier alpha value is -1.75. The summed E-state index contributed by atoms with van der Waals surface area (Å²) in [5, 5.41) is 3.21. The summed E-state index contributed by atoms with van der Waals surface area (Å²) < 4.78 is 5.55. The van der Waals surface area contributed by atoms with Gasteiger partial charge < -0.3 is 10.1 Å². The zero-order valence-electron chi connectivity index (χ0n) is 9.23. The van der Waals surface area contributed by atoms with Crippen molar-refractivity contribution >= 4 is 5.96 Å². The molecule has 1 aromatic rings. The van der Waals surface area contributed by atoms with E-state index < -0.39 is 0 Å². The number of hydrogen-bond donors (Lipinski definition) is 3. The summed E-state index contributed by atoms with van der Waals surface area (Å²) in [6.07, 6.45) is 0. The van der Waals surface area contributed by atoms with Crippen LogP contribution >= 0.6 is 0 Å². The van der Waals surface area contributed by atoms with Gasteiger partial charge in [0.05, 0.1) is 6.04 Å². The van der Waals surface area contributed by atoms with Crippen LogP contribution in [-0.4, -0.2) is 19.1 Å². The van der Waals surface area contributed by atoms with Gasteiger partial charge in [0.15, 0.2) is 0 Å². The van der Waals surface area contributed by atoms with Gasteiger partial charge in [0, 0.05) is 12.1 Å². The number of para-hydroxylation sites is 1. The molecule has 1 aromatic carbocycles. The minimum absolute atomic E-state index is 0.109. The average Bonchev–Trinajstić information content (AvgIpc) is 2.72. The molecule has 1 heterocycles. The summed E-state index contributed by atoms with van der Waals surface area (Å²) in [6.45, 7) is 3.24. The number of rotatable bonds is 2. The Labute approximate surface area is 94.7 Å². The average molecular weight is 220 g/mol. The normalized spacial score (nSPS) is 18.9. The van der Waals surface area contributed by atoms with Gasteiger partial charge in [-0.25, -0.2) is 5.84 Å². The largest absolute Gasteiger partial charge is 0.491 e. The molecule has 0 fully saturated rings. The standard InChI is InChI=1S/C11H16N4O/c1-2-13-11(15-12)14-9-7-16-10-6-4-3-5-8(9)10/h3-6,9H,2,7,12H2,1H3,(H2,13,14,15). The van der Waals surface area contributed by atoms with Gasteiger partial charge >= 0.3 is 0 Å². The zero-order valence-corrected chi connectivity index (χ0v) is 9.23. The minimum Gasteiger partial charge on any atom is -0.491 e. The Balaban J connectivity index is 2.11. The van der Waals surface area contributed by atoms with E-state index in [2.05, 4.69) is 15.7 Å². The van der Waals surface area contributed by atoms with Gasteiger partial charge in [0.25, 0.3) is 0 Å². The fourth-order valence-corrected chi connectivity index (χ4v) is 1.74. The van der Waals surface area contributed by atoms with Gasteiger partial charge in [-0.1, -0.05) is 18.2 Å². The monoisotopic (exact) mass is 220 g/mol. The van der Waals surface area contributed by atoms with Crippen LogP contribution < -0.4 is 21.3 Å². The van der Waals surface area contributed by atoms with Crippen LogP contribution in [0.4, 0.5) is 0 Å². The molecule has 1 atom stereocenters. The summed E-state index contributed by atoms with van der Waals surface area (Å²) >= 11 is 0. The van der Waals surface area contributed by atoms with E-state index in [9.17, 15) is 0 Å². The topological polar surface area (TPSA) is 71.7 Å². The fraction of sp³-hybridized carbons (Fsp3) is 0.364. The highest BCUT2D eigenvalue weighted by atomic mass is 16.5. The molecule has 2 rings (SSSR count). The van der Waals surface area contributed by atoms with Gasteiger partial charge in [-0.2, -0.15) is 0 Å². The number of guanidine groups is 1. The molecular weight excluding hydrogens is 204 g/mol. The van der Waals surface area contributed by atoms with Gasteiger partial charge in [-0.15, -0.1) is 0 Å². The van der Waals surface area contributed by atoms with Crippen LogP contribution in [0.2, 0.25) is 0 Å². The Kier molecular flexibility index (Phi) is 3.26. The molecule has 5 heteroatoms. The lowest BCUT2D eigenvalue weighted by Gasteiger charge is -2.14. The molecule has 0 saturated carbocycles. The number of nitrogens with zero attached hydrogens (tertiary/aromatic N) is 1. The van der Waals surface area contributed by atoms with Gasteiger partial charge in [-0.3, -0.25) is 10.4 Å². The van der Waals surface area contributed by atoms with Crippen molar-refractivity contribution in [2.24, 2.45) is 10.8 Å². The lowest BCUT2D eigenvalue weighted by Crippen LogP contribution is -2.43. The first-order valence-corrected chi connectivity index (χ1v) is 5.34. The Bertz CT molecular complexity index is 391. The van der Waals surface area contributed by atoms with Crippen LogP contribution in [0.5, 0.6) is 5.75 Å². The zero-order chi connectivity index (χ0) is 11.4. The van der Waals surface area contributed by atoms with E-state index in [1.807, 2.05) is 31.2 Å². The lowest BCUT2D eigenvalue weighted by molar-refractivity contribution is 0.323. The fourth-order valence-electron chi connectivity index (χ4n) is 1.74. The molecule has 1 unspecified atom stereocenters. The Morgan fingerprint density at radius 1 is 1.56 bits per heavy atom. The van der Waals surface area contributed by atoms with Gasteiger partial charge in [-0.05, 0) is 13.0 Å². The van der Waals surface area contributed by atoms with Crippen LogP contribution in [0.1, 0.15) is 18.5 Å². The minimum atomic E-state index is 0.109. The maximum Gasteiger partial charge on any atom is 0.206 e. The predicted octanol–water partition coefficient (Wildman–Crippen LogP) is 0.549. The third-order valence-corrected chi connectivity index (χ3v) is 2.46. The summed E-state index contributed by atoms with van der Waals surface area (Å²) in [5.74, 6) is 6.89. The first-order valence-electron chi connectivity index (χ1n) is 5.34. The molecule has 0 saturated heterocycles. The summed E-state index contributed by atoms with van der Waals surface area (Å²) in [5.41, 5.74) is 3.68. The first-order chi connectivity index (χ1) is 7.85. The van der Waals surface area contributed by atoms with Crippen molar-refractivity contribution in [3.05, 3.63) is 29.8 Å². The van der Waals surface area contributed by atoms with E-state index in [-0.39, 0.29) is 6.04 Å². The van der Waals surface area contributed by atoms with Crippen LogP contribution in [-0.2, 0) is 0 Å². The van der Waals surface area contributed by atoms with Crippen LogP contribution in [0.25, 0.3) is 0 Å². The van der Waals surface area contributed by atoms with Crippen molar-refractivity contribution in [3.8, 4) is 5.75 Å². The maximum atomic E-state index is 5.55. The number of nitrogens with two attached hydrogens (primary N) is 1. The number of nitrogens with one attached hydrogen (secondary N) is 2. The molecule has 86 valence electrons. The number of aliphatic imine (C=N–C) groups is 1. The maximum absolute atomic E-state index is 5.55. The van der Waals surface area contributed by atoms with E-state index >= 15 is 0 Å². The number of benzene rings is 1. The second kappa shape index (κ2) is 4.85. The van der Waals surface area contributed by atoms with E-state index in [1.165, 1.54) is 0 Å². The van der Waals surface area contributed by atoms with Crippen molar-refractivity contribution in [1.82, 2.24) is 10.7 Å². The Morgan fingerprint density at radius 2 is 2.38 bits per heavy atom. The van der Waals surface area contributed by atoms with E-state index in [1.54, 1.807) is 0 Å². The number of ether oxygens (including phenoxy) is 1. The molecule has 5 nitrogen and oxygen atoms in total. The molecule has 0 radical (unpaired) electrons. The molecule has 1 aliphatic heterocycles. The molecule has 16 heavy (non-hydrogen) atoms. The number of hydrogen-bond acceptors (Lipinski definition) is 3. The van der Waals surface area contributed by atoms with E-state index in [4.69, 9.17) is 10.6 Å². The third kappa shape index (κ3) is 2.09. The molecule has 0 aromatic heterocycles. The molecular formula is C11H16N4O. The highest BCUT2D eigenvalue weighted by Crippen LogP contribution is 2.31. The van der Waals surface area contributed by atoms with Crippen molar-refractivity contribution in [1.29, 1.82) is 0 Å². The predicted molar refractivity (Wildman–Crippen MR) is 63.1 cm³/mol. The summed E-state index contributed by atoms with van der Waals surface area (Å²) in [7, 11) is 0. The van der Waals surface area contributed by atoms with E-state index in [0.29, 0.717) is 19.1 Å². The third-order valence-electron chi connectivity index (χ3n) is 2.46. The molecule has 0 amide bonds. The SMILES string of the molecule is CCN=C(NN)NC1COc2ccccc21. The summed E-state index contributed by atoms with van der Waals surface area (Å²) in [6, 6.07) is 8.07. The molecule has 0 aliphatic carbocycles. The van der Waals surface area contributed by atoms with Crippen LogP contribution in [0.15, 0.2) is 29.3 Å². The number of fused-ring (bicyclic) bond motifs is 1. The van der Waals surface area contributed by atoms with Crippen molar-refractivity contribution in [2.75, 3.05) is 13.2 Å². The van der Waals surface area contributed by atoms with Gasteiger partial charge in [0.2, 0.25) is 5.96 Å². The number of hydrazine groups is 1. The second-order valence-electron chi connectivity index (χ2n) is 3.51. The van der Waals surface area contributed by atoms with Crippen molar-refractivity contribution < 1.29 is 4.74 Å². The molecule has 1 aliphatic rings. The van der Waals surface area contributed by atoms with Crippen molar-refractivity contribution in [3.63, 3.8) is 0 Å². The highest BCUT2D eigenvalue weighted by molar-refractivity contribution is 5.79. The van der Waals surface area contributed by atoms with Crippen LogP contribution in [0.3, 0.4) is 0 Å². The van der Waals surface area contributed by atoms with Crippen LogP contribution in [0, 0.1) is 0 Å². The molecule has 0 bridgehead atoms. The Morgan fingerprint density at radius 3 is 3.12 bits per heavy atom. The smallest absolute Gasteiger partial charge is 0.206 e. The highest BCUT2D eigenvalue weighted by Gasteiger charge is 2.23. The van der Waals surface area contributed by atoms with E-state index in [0.717, 1.165) is 11.3 Å². The molecule has 0 spiro atoms. The second-order valence-corrected chi connectivity index (χ2v) is 3.51. The van der Waals surface area contributed by atoms with Gasteiger partial charge in [0.1, 0.15) is 12.4 Å². The van der Waals surface area contributed by atoms with Crippen molar-refractivity contribution in [2.45, 2.75) is 13.0 Å².